The maximum Gasteiger partial charge on any atom is 0.222 e. The topological polar surface area (TPSA) is 99.5 Å². The van der Waals surface area contributed by atoms with E-state index in [0.717, 1.165) is 16.8 Å². The van der Waals surface area contributed by atoms with E-state index in [-0.39, 0.29) is 6.15 Å². The molecule has 0 spiro atoms. The fourth-order valence-electron chi connectivity index (χ4n) is 1.27. The third-order valence-electron chi connectivity index (χ3n) is 2.36. The zero-order chi connectivity index (χ0) is 11.5. The lowest BCUT2D eigenvalue weighted by atomic mass is 10.1. The van der Waals surface area contributed by atoms with E-state index in [2.05, 4.69) is 32.0 Å². The lowest BCUT2D eigenvalue weighted by Crippen LogP contribution is -2.02. The van der Waals surface area contributed by atoms with Crippen LogP contribution in [0.3, 0.4) is 0 Å². The summed E-state index contributed by atoms with van der Waals surface area (Å²) in [5, 5.41) is 15.7. The van der Waals surface area contributed by atoms with Gasteiger partial charge in [-0.2, -0.15) is 0 Å². The Labute approximate surface area is 99.4 Å². The highest BCUT2D eigenvalue weighted by molar-refractivity contribution is 5.55. The molecule has 3 N–H and O–H groups in total. The van der Waals surface area contributed by atoms with Crippen LogP contribution in [0, 0.1) is 13.8 Å². The number of aromatic nitrogens is 5. The standard InChI is InChI=1S/C11H11N5.H3N/c1-4-9-13-15-11(16-14-9)10-8(3)7(2)5-6-12-10;/h4-6H,1H2,2-3H3;1H3. The van der Waals surface area contributed by atoms with Gasteiger partial charge in [0.25, 0.3) is 0 Å². The Bertz CT molecular complexity index is 520. The Morgan fingerprint density at radius 1 is 1.12 bits per heavy atom. The molecule has 2 aromatic heterocycles. The SMILES string of the molecule is C=Cc1nnc(-c2nccc(C)c2C)nn1.N. The fraction of sp³-hybridized carbons (Fsp3) is 0.182. The summed E-state index contributed by atoms with van der Waals surface area (Å²) >= 11 is 0. The van der Waals surface area contributed by atoms with Gasteiger partial charge in [-0.1, -0.05) is 6.58 Å². The van der Waals surface area contributed by atoms with Gasteiger partial charge in [-0.3, -0.25) is 4.98 Å². The lowest BCUT2D eigenvalue weighted by Gasteiger charge is -2.04. The first-order valence-corrected chi connectivity index (χ1v) is 4.85. The molecule has 17 heavy (non-hydrogen) atoms. The molecule has 0 bridgehead atoms. The molecule has 0 aliphatic rings. The highest BCUT2D eigenvalue weighted by Gasteiger charge is 2.09. The monoisotopic (exact) mass is 230 g/mol. The van der Waals surface area contributed by atoms with Crippen molar-refractivity contribution < 1.29 is 0 Å². The van der Waals surface area contributed by atoms with Gasteiger partial charge in [0.2, 0.25) is 5.82 Å². The molecule has 0 atom stereocenters. The number of aryl methyl sites for hydroxylation is 1. The van der Waals surface area contributed by atoms with E-state index < -0.39 is 0 Å². The summed E-state index contributed by atoms with van der Waals surface area (Å²) in [5.74, 6) is 0.848. The van der Waals surface area contributed by atoms with Gasteiger partial charge in [0, 0.05) is 6.20 Å². The van der Waals surface area contributed by atoms with Crippen LogP contribution in [0.25, 0.3) is 17.6 Å². The van der Waals surface area contributed by atoms with Gasteiger partial charge in [0.15, 0.2) is 5.82 Å². The average molecular weight is 230 g/mol. The summed E-state index contributed by atoms with van der Waals surface area (Å²) in [4.78, 5) is 4.23. The van der Waals surface area contributed by atoms with Crippen molar-refractivity contribution in [2.45, 2.75) is 13.8 Å². The summed E-state index contributed by atoms with van der Waals surface area (Å²) in [5.41, 5.74) is 2.90. The molecule has 0 saturated carbocycles. The highest BCUT2D eigenvalue weighted by atomic mass is 15.3. The molecule has 88 valence electrons. The first-order valence-electron chi connectivity index (χ1n) is 4.85. The normalized spacial score (nSPS) is 9.53. The largest absolute Gasteiger partial charge is 0.344 e. The molecule has 0 aromatic carbocycles. The molecule has 0 saturated heterocycles. The van der Waals surface area contributed by atoms with Crippen molar-refractivity contribution in [3.05, 3.63) is 35.8 Å². The third-order valence-corrected chi connectivity index (χ3v) is 2.36. The fourth-order valence-corrected chi connectivity index (χ4v) is 1.27. The highest BCUT2D eigenvalue weighted by Crippen LogP contribution is 2.17. The number of nitrogens with zero attached hydrogens (tertiary/aromatic N) is 5. The van der Waals surface area contributed by atoms with Crippen LogP contribution in [0.4, 0.5) is 0 Å². The minimum atomic E-state index is 0. The lowest BCUT2D eigenvalue weighted by molar-refractivity contribution is 0.844. The predicted octanol–water partition coefficient (Wildman–Crippen LogP) is 1.75. The maximum atomic E-state index is 4.23. The van der Waals surface area contributed by atoms with Gasteiger partial charge < -0.3 is 6.15 Å². The smallest absolute Gasteiger partial charge is 0.222 e. The van der Waals surface area contributed by atoms with Crippen molar-refractivity contribution in [2.75, 3.05) is 0 Å². The number of hydrogen-bond acceptors (Lipinski definition) is 6. The summed E-state index contributed by atoms with van der Waals surface area (Å²) in [7, 11) is 0. The van der Waals surface area contributed by atoms with E-state index in [9.17, 15) is 0 Å². The molecule has 0 amide bonds. The van der Waals surface area contributed by atoms with Gasteiger partial charge in [0.05, 0.1) is 0 Å². The van der Waals surface area contributed by atoms with E-state index >= 15 is 0 Å². The molecule has 6 heteroatoms. The van der Waals surface area contributed by atoms with Gasteiger partial charge in [-0.25, -0.2) is 0 Å². The van der Waals surface area contributed by atoms with Gasteiger partial charge in [-0.05, 0) is 37.1 Å². The van der Waals surface area contributed by atoms with Crippen LogP contribution in [0.5, 0.6) is 0 Å². The van der Waals surface area contributed by atoms with Crippen molar-refractivity contribution in [3.8, 4) is 11.5 Å². The van der Waals surface area contributed by atoms with E-state index in [1.807, 2.05) is 19.9 Å². The first-order chi connectivity index (χ1) is 7.72. The van der Waals surface area contributed by atoms with Crippen LogP contribution in [-0.2, 0) is 0 Å². The van der Waals surface area contributed by atoms with Crippen LogP contribution >= 0.6 is 0 Å². The Balaban J connectivity index is 0.00000144. The van der Waals surface area contributed by atoms with E-state index in [1.165, 1.54) is 6.08 Å². The summed E-state index contributed by atoms with van der Waals surface area (Å²) in [6, 6.07) is 1.94. The minimum absolute atomic E-state index is 0. The Morgan fingerprint density at radius 3 is 2.35 bits per heavy atom. The molecular formula is C11H14N6. The van der Waals surface area contributed by atoms with Crippen molar-refractivity contribution >= 4 is 6.08 Å². The van der Waals surface area contributed by atoms with Gasteiger partial charge in [-0.15, -0.1) is 20.4 Å². The second-order valence-electron chi connectivity index (χ2n) is 3.39. The van der Waals surface area contributed by atoms with Crippen molar-refractivity contribution in [1.29, 1.82) is 0 Å². The number of rotatable bonds is 2. The van der Waals surface area contributed by atoms with Crippen molar-refractivity contribution in [2.24, 2.45) is 0 Å². The van der Waals surface area contributed by atoms with E-state index in [0.29, 0.717) is 11.6 Å². The van der Waals surface area contributed by atoms with Crippen LogP contribution in [0.15, 0.2) is 18.8 Å². The van der Waals surface area contributed by atoms with Crippen molar-refractivity contribution in [1.82, 2.24) is 31.5 Å². The molecule has 6 nitrogen and oxygen atoms in total. The van der Waals surface area contributed by atoms with Crippen LogP contribution < -0.4 is 6.15 Å². The number of pyridine rings is 1. The Morgan fingerprint density at radius 2 is 1.76 bits per heavy atom. The summed E-state index contributed by atoms with van der Waals surface area (Å²) < 4.78 is 0. The van der Waals surface area contributed by atoms with E-state index in [1.54, 1.807) is 6.20 Å². The van der Waals surface area contributed by atoms with Gasteiger partial charge >= 0.3 is 0 Å². The van der Waals surface area contributed by atoms with E-state index in [4.69, 9.17) is 0 Å². The summed E-state index contributed by atoms with van der Waals surface area (Å²) in [6.45, 7) is 7.53. The van der Waals surface area contributed by atoms with Crippen LogP contribution in [0.1, 0.15) is 17.0 Å². The van der Waals surface area contributed by atoms with Crippen LogP contribution in [0.2, 0.25) is 0 Å². The third kappa shape index (κ3) is 2.48. The molecule has 2 heterocycles. The molecule has 0 aliphatic heterocycles. The first kappa shape index (κ1) is 12.9. The second-order valence-corrected chi connectivity index (χ2v) is 3.39. The molecule has 0 fully saturated rings. The predicted molar refractivity (Wildman–Crippen MR) is 65.4 cm³/mol. The van der Waals surface area contributed by atoms with Crippen molar-refractivity contribution in [3.63, 3.8) is 0 Å². The van der Waals surface area contributed by atoms with Gasteiger partial charge in [0.1, 0.15) is 5.69 Å². The second kappa shape index (κ2) is 5.22. The minimum Gasteiger partial charge on any atom is -0.344 e. The molecule has 0 radical (unpaired) electrons. The number of hydrogen-bond donors (Lipinski definition) is 1. The molecule has 2 rings (SSSR count). The van der Waals surface area contributed by atoms with Crippen LogP contribution in [-0.4, -0.2) is 25.4 Å². The average Bonchev–Trinajstić information content (AvgIpc) is 2.33. The summed E-state index contributed by atoms with van der Waals surface area (Å²) in [6.07, 6.45) is 3.22. The molecular weight excluding hydrogens is 216 g/mol. The maximum absolute atomic E-state index is 4.23. The Hall–Kier alpha value is -2.21. The zero-order valence-electron chi connectivity index (χ0n) is 9.88. The zero-order valence-corrected chi connectivity index (χ0v) is 9.88. The Kier molecular flexibility index (Phi) is 3.95. The quantitative estimate of drug-likeness (QED) is 0.843. The molecule has 0 aliphatic carbocycles. The molecule has 0 unspecified atom stereocenters. The molecule has 2 aromatic rings.